The third kappa shape index (κ3) is 6.01. The SMILES string of the molecule is CCN1CCN(c2ccc(NC(=O)COC(c3ccccc3)c3ccccc3)c(C)c2)CC1. The Balaban J connectivity index is 1.38. The molecule has 1 N–H and O–H groups in total. The monoisotopic (exact) mass is 443 g/mol. The smallest absolute Gasteiger partial charge is 0.250 e. The molecule has 1 amide bonds. The van der Waals surface area contributed by atoms with E-state index >= 15 is 0 Å². The predicted molar refractivity (Wildman–Crippen MR) is 135 cm³/mol. The third-order valence-electron chi connectivity index (χ3n) is 6.25. The van der Waals surface area contributed by atoms with Gasteiger partial charge in [0.05, 0.1) is 0 Å². The lowest BCUT2D eigenvalue weighted by Gasteiger charge is -2.35. The van der Waals surface area contributed by atoms with E-state index in [9.17, 15) is 4.79 Å². The van der Waals surface area contributed by atoms with Crippen molar-refractivity contribution in [3.05, 3.63) is 95.6 Å². The van der Waals surface area contributed by atoms with Crippen molar-refractivity contribution in [3.63, 3.8) is 0 Å². The quantitative estimate of drug-likeness (QED) is 0.539. The molecule has 1 fully saturated rings. The normalized spacial score (nSPS) is 14.5. The van der Waals surface area contributed by atoms with Crippen molar-refractivity contribution in [2.75, 3.05) is 49.5 Å². The van der Waals surface area contributed by atoms with Crippen LogP contribution in [0.2, 0.25) is 0 Å². The van der Waals surface area contributed by atoms with Gasteiger partial charge in [-0.2, -0.15) is 0 Å². The molecule has 0 unspecified atom stereocenters. The lowest BCUT2D eigenvalue weighted by molar-refractivity contribution is -0.121. The van der Waals surface area contributed by atoms with Crippen LogP contribution in [0.15, 0.2) is 78.9 Å². The van der Waals surface area contributed by atoms with Crippen LogP contribution in [-0.4, -0.2) is 50.1 Å². The number of nitrogens with zero attached hydrogens (tertiary/aromatic N) is 2. The van der Waals surface area contributed by atoms with Crippen LogP contribution < -0.4 is 10.2 Å². The number of carbonyl (C=O) groups is 1. The molecular formula is C28H33N3O2. The van der Waals surface area contributed by atoms with Crippen molar-refractivity contribution in [3.8, 4) is 0 Å². The van der Waals surface area contributed by atoms with Crippen molar-refractivity contribution in [2.24, 2.45) is 0 Å². The Bertz CT molecular complexity index is 992. The van der Waals surface area contributed by atoms with Crippen LogP contribution in [0, 0.1) is 6.92 Å². The van der Waals surface area contributed by atoms with E-state index < -0.39 is 0 Å². The number of carbonyl (C=O) groups excluding carboxylic acids is 1. The van der Waals surface area contributed by atoms with Gasteiger partial charge in [-0.25, -0.2) is 0 Å². The number of benzene rings is 3. The Morgan fingerprint density at radius 2 is 1.52 bits per heavy atom. The van der Waals surface area contributed by atoms with E-state index in [0.29, 0.717) is 0 Å². The molecule has 0 spiro atoms. The number of amides is 1. The minimum atomic E-state index is -0.289. The first-order valence-corrected chi connectivity index (χ1v) is 11.7. The summed E-state index contributed by atoms with van der Waals surface area (Å²) in [5.41, 5.74) is 5.16. The van der Waals surface area contributed by atoms with Crippen molar-refractivity contribution < 1.29 is 9.53 Å². The summed E-state index contributed by atoms with van der Waals surface area (Å²) in [7, 11) is 0. The summed E-state index contributed by atoms with van der Waals surface area (Å²) >= 11 is 0. The third-order valence-corrected chi connectivity index (χ3v) is 6.25. The molecule has 33 heavy (non-hydrogen) atoms. The summed E-state index contributed by atoms with van der Waals surface area (Å²) in [6.07, 6.45) is -0.289. The molecule has 0 aliphatic carbocycles. The Kier molecular flexibility index (Phi) is 7.76. The van der Waals surface area contributed by atoms with E-state index in [1.165, 1.54) is 5.69 Å². The fraction of sp³-hybridized carbons (Fsp3) is 0.321. The number of ether oxygens (including phenoxy) is 1. The highest BCUT2D eigenvalue weighted by Gasteiger charge is 2.18. The van der Waals surface area contributed by atoms with Gasteiger partial charge in [-0.05, 0) is 48.4 Å². The molecule has 0 atom stereocenters. The number of hydrogen-bond donors (Lipinski definition) is 1. The molecular weight excluding hydrogens is 410 g/mol. The molecule has 1 saturated heterocycles. The number of hydrogen-bond acceptors (Lipinski definition) is 4. The van der Waals surface area contributed by atoms with Crippen molar-refractivity contribution in [2.45, 2.75) is 20.0 Å². The number of nitrogens with one attached hydrogen (secondary N) is 1. The molecule has 4 rings (SSSR count). The molecule has 0 radical (unpaired) electrons. The van der Waals surface area contributed by atoms with Gasteiger partial charge in [-0.1, -0.05) is 67.6 Å². The number of piperazine rings is 1. The predicted octanol–water partition coefficient (Wildman–Crippen LogP) is 4.88. The van der Waals surface area contributed by atoms with Gasteiger partial charge in [0.25, 0.3) is 0 Å². The Labute approximate surface area is 197 Å². The topological polar surface area (TPSA) is 44.8 Å². The van der Waals surface area contributed by atoms with Crippen LogP contribution in [0.4, 0.5) is 11.4 Å². The van der Waals surface area contributed by atoms with Gasteiger partial charge in [-0.3, -0.25) is 4.79 Å². The fourth-order valence-electron chi connectivity index (χ4n) is 4.29. The molecule has 0 saturated carbocycles. The lowest BCUT2D eigenvalue weighted by Crippen LogP contribution is -2.46. The average Bonchev–Trinajstić information content (AvgIpc) is 2.87. The van der Waals surface area contributed by atoms with E-state index in [4.69, 9.17) is 4.74 Å². The zero-order chi connectivity index (χ0) is 23.0. The summed E-state index contributed by atoms with van der Waals surface area (Å²) < 4.78 is 6.10. The van der Waals surface area contributed by atoms with Crippen molar-refractivity contribution in [1.82, 2.24) is 4.90 Å². The number of rotatable bonds is 8. The van der Waals surface area contributed by atoms with Crippen molar-refractivity contribution in [1.29, 1.82) is 0 Å². The lowest BCUT2D eigenvalue weighted by atomic mass is 10.0. The van der Waals surface area contributed by atoms with E-state index in [0.717, 1.165) is 55.1 Å². The average molecular weight is 444 g/mol. The summed E-state index contributed by atoms with van der Waals surface area (Å²) in [5.74, 6) is -0.153. The van der Waals surface area contributed by atoms with E-state index in [2.05, 4.69) is 34.2 Å². The summed E-state index contributed by atoms with van der Waals surface area (Å²) in [4.78, 5) is 17.6. The van der Waals surface area contributed by atoms with Crippen LogP contribution in [0.1, 0.15) is 29.7 Å². The van der Waals surface area contributed by atoms with E-state index in [1.54, 1.807) is 0 Å². The van der Waals surface area contributed by atoms with Crippen LogP contribution in [0.25, 0.3) is 0 Å². The zero-order valence-corrected chi connectivity index (χ0v) is 19.5. The van der Waals surface area contributed by atoms with Gasteiger partial charge in [0.15, 0.2) is 0 Å². The Morgan fingerprint density at radius 3 is 2.06 bits per heavy atom. The van der Waals surface area contributed by atoms with Gasteiger partial charge < -0.3 is 19.9 Å². The summed E-state index contributed by atoms with van der Waals surface area (Å²) in [5, 5.41) is 3.02. The highest BCUT2D eigenvalue weighted by molar-refractivity contribution is 5.92. The molecule has 1 aliphatic rings. The summed E-state index contributed by atoms with van der Waals surface area (Å²) in [6, 6.07) is 26.3. The van der Waals surface area contributed by atoms with Gasteiger partial charge >= 0.3 is 0 Å². The maximum absolute atomic E-state index is 12.7. The van der Waals surface area contributed by atoms with E-state index in [-0.39, 0.29) is 18.6 Å². The molecule has 1 heterocycles. The Hall–Kier alpha value is -3.15. The number of likely N-dealkylation sites (N-methyl/N-ethyl adjacent to an activating group) is 1. The molecule has 5 heteroatoms. The van der Waals surface area contributed by atoms with Gasteiger partial charge in [0, 0.05) is 37.6 Å². The summed E-state index contributed by atoms with van der Waals surface area (Å²) in [6.45, 7) is 9.59. The number of anilines is 2. The van der Waals surface area contributed by atoms with Crippen LogP contribution in [-0.2, 0) is 9.53 Å². The molecule has 5 nitrogen and oxygen atoms in total. The zero-order valence-electron chi connectivity index (χ0n) is 19.5. The fourth-order valence-corrected chi connectivity index (χ4v) is 4.29. The van der Waals surface area contributed by atoms with Crippen LogP contribution in [0.5, 0.6) is 0 Å². The first-order chi connectivity index (χ1) is 16.1. The standard InChI is InChI=1S/C28H33N3O2/c1-3-30-16-18-31(19-17-30)25-14-15-26(22(2)20-25)29-27(32)21-33-28(23-10-6-4-7-11-23)24-12-8-5-9-13-24/h4-15,20,28H,3,16-19,21H2,1-2H3,(H,29,32). The van der Waals surface area contributed by atoms with Crippen LogP contribution in [0.3, 0.4) is 0 Å². The molecule has 3 aromatic rings. The first-order valence-electron chi connectivity index (χ1n) is 11.7. The largest absolute Gasteiger partial charge is 0.369 e. The van der Waals surface area contributed by atoms with Gasteiger partial charge in [0.2, 0.25) is 5.91 Å². The molecule has 1 aliphatic heterocycles. The van der Waals surface area contributed by atoms with Crippen molar-refractivity contribution >= 4 is 17.3 Å². The maximum atomic E-state index is 12.7. The van der Waals surface area contributed by atoms with Gasteiger partial charge in [-0.15, -0.1) is 0 Å². The second-order valence-corrected chi connectivity index (χ2v) is 8.48. The second kappa shape index (κ2) is 11.1. The van der Waals surface area contributed by atoms with Crippen LogP contribution >= 0.6 is 0 Å². The first kappa shape index (κ1) is 23.0. The molecule has 0 bridgehead atoms. The highest BCUT2D eigenvalue weighted by atomic mass is 16.5. The second-order valence-electron chi connectivity index (χ2n) is 8.48. The highest BCUT2D eigenvalue weighted by Crippen LogP contribution is 2.27. The number of aryl methyl sites for hydroxylation is 1. The molecule has 0 aromatic heterocycles. The minimum absolute atomic E-state index is 0.0192. The molecule has 172 valence electrons. The minimum Gasteiger partial charge on any atom is -0.369 e. The Morgan fingerprint density at radius 1 is 0.909 bits per heavy atom. The van der Waals surface area contributed by atoms with E-state index in [1.807, 2.05) is 73.7 Å². The molecule has 3 aromatic carbocycles. The maximum Gasteiger partial charge on any atom is 0.250 e. The van der Waals surface area contributed by atoms with Gasteiger partial charge in [0.1, 0.15) is 12.7 Å².